The van der Waals surface area contributed by atoms with Crippen LogP contribution >= 0.6 is 0 Å². The molecule has 0 saturated carbocycles. The molecule has 1 aromatic carbocycles. The van der Waals surface area contributed by atoms with Gasteiger partial charge in [0, 0.05) is 17.6 Å². The van der Waals surface area contributed by atoms with Crippen LogP contribution in [0.15, 0.2) is 18.2 Å². The standard InChI is InChI=1S/C13H18N2O/c1-8(2)15-13(16)10-4-3-9-6-12(14)7-11(9)5-10/h3-5,8,12H,6-7,14H2,1-2H3,(H,15,16). The molecule has 1 unspecified atom stereocenters. The van der Waals surface area contributed by atoms with E-state index in [0.717, 1.165) is 18.4 Å². The Kier molecular flexibility index (Phi) is 2.97. The molecule has 16 heavy (non-hydrogen) atoms. The summed E-state index contributed by atoms with van der Waals surface area (Å²) in [4.78, 5) is 11.8. The van der Waals surface area contributed by atoms with E-state index in [1.807, 2.05) is 32.0 Å². The van der Waals surface area contributed by atoms with Crippen LogP contribution < -0.4 is 11.1 Å². The lowest BCUT2D eigenvalue weighted by atomic mass is 10.1. The first-order valence-electron chi connectivity index (χ1n) is 5.74. The van der Waals surface area contributed by atoms with Crippen LogP contribution in [0.1, 0.15) is 35.3 Å². The van der Waals surface area contributed by atoms with E-state index in [1.54, 1.807) is 0 Å². The van der Waals surface area contributed by atoms with Crippen molar-refractivity contribution in [1.82, 2.24) is 5.32 Å². The zero-order valence-corrected chi connectivity index (χ0v) is 9.79. The molecule has 1 amide bonds. The second-order valence-electron chi connectivity index (χ2n) is 4.78. The fourth-order valence-corrected chi connectivity index (χ4v) is 2.14. The SMILES string of the molecule is CC(C)NC(=O)c1ccc2c(c1)CC(N)C2. The minimum Gasteiger partial charge on any atom is -0.350 e. The molecule has 3 N–H and O–H groups in total. The molecule has 0 radical (unpaired) electrons. The van der Waals surface area contributed by atoms with E-state index in [9.17, 15) is 4.79 Å². The van der Waals surface area contributed by atoms with E-state index in [0.29, 0.717) is 0 Å². The van der Waals surface area contributed by atoms with Crippen molar-refractivity contribution in [2.45, 2.75) is 38.8 Å². The van der Waals surface area contributed by atoms with E-state index in [-0.39, 0.29) is 18.0 Å². The molecule has 0 fully saturated rings. The van der Waals surface area contributed by atoms with Crippen molar-refractivity contribution >= 4 is 5.91 Å². The number of hydrogen-bond acceptors (Lipinski definition) is 2. The summed E-state index contributed by atoms with van der Waals surface area (Å²) in [7, 11) is 0. The summed E-state index contributed by atoms with van der Waals surface area (Å²) < 4.78 is 0. The Morgan fingerprint density at radius 1 is 1.38 bits per heavy atom. The fourth-order valence-electron chi connectivity index (χ4n) is 2.14. The number of carbonyl (C=O) groups is 1. The van der Waals surface area contributed by atoms with E-state index in [2.05, 4.69) is 5.32 Å². The van der Waals surface area contributed by atoms with Crippen LogP contribution in [0, 0.1) is 0 Å². The van der Waals surface area contributed by atoms with Gasteiger partial charge in [0.05, 0.1) is 0 Å². The Labute approximate surface area is 96.0 Å². The molecule has 0 spiro atoms. The van der Waals surface area contributed by atoms with Crippen LogP contribution in [0.4, 0.5) is 0 Å². The molecular formula is C13H18N2O. The largest absolute Gasteiger partial charge is 0.350 e. The van der Waals surface area contributed by atoms with Crippen LogP contribution in [0.3, 0.4) is 0 Å². The molecule has 3 heteroatoms. The van der Waals surface area contributed by atoms with Gasteiger partial charge in [-0.3, -0.25) is 4.79 Å². The normalized spacial score (nSPS) is 18.6. The Morgan fingerprint density at radius 2 is 2.06 bits per heavy atom. The first-order chi connectivity index (χ1) is 7.56. The Hall–Kier alpha value is -1.35. The third-order valence-corrected chi connectivity index (χ3v) is 2.85. The first kappa shape index (κ1) is 11.1. The van der Waals surface area contributed by atoms with E-state index >= 15 is 0 Å². The second-order valence-corrected chi connectivity index (χ2v) is 4.78. The molecule has 0 heterocycles. The molecule has 86 valence electrons. The zero-order chi connectivity index (χ0) is 11.7. The Bertz CT molecular complexity index is 412. The summed E-state index contributed by atoms with van der Waals surface area (Å²) in [5.74, 6) is -0.00160. The lowest BCUT2D eigenvalue weighted by molar-refractivity contribution is 0.0943. The predicted octanol–water partition coefficient (Wildman–Crippen LogP) is 1.25. The van der Waals surface area contributed by atoms with Gasteiger partial charge in [-0.2, -0.15) is 0 Å². The maximum absolute atomic E-state index is 11.8. The first-order valence-corrected chi connectivity index (χ1v) is 5.74. The predicted molar refractivity (Wildman–Crippen MR) is 64.4 cm³/mol. The molecule has 0 bridgehead atoms. The number of carbonyl (C=O) groups excluding carboxylic acids is 1. The van der Waals surface area contributed by atoms with Gasteiger partial charge in [-0.25, -0.2) is 0 Å². The van der Waals surface area contributed by atoms with Crippen molar-refractivity contribution < 1.29 is 4.79 Å². The minimum atomic E-state index is -0.00160. The molecular weight excluding hydrogens is 200 g/mol. The summed E-state index contributed by atoms with van der Waals surface area (Å²) in [6.07, 6.45) is 1.82. The highest BCUT2D eigenvalue weighted by Gasteiger charge is 2.19. The van der Waals surface area contributed by atoms with Crippen LogP contribution in [-0.4, -0.2) is 18.0 Å². The molecule has 1 aromatic rings. The number of hydrogen-bond donors (Lipinski definition) is 2. The second kappa shape index (κ2) is 4.26. The average molecular weight is 218 g/mol. The number of amides is 1. The summed E-state index contributed by atoms with van der Waals surface area (Å²) in [5, 5.41) is 2.89. The van der Waals surface area contributed by atoms with Crippen molar-refractivity contribution in [2.24, 2.45) is 5.73 Å². The lowest BCUT2D eigenvalue weighted by Crippen LogP contribution is -2.30. The Morgan fingerprint density at radius 3 is 2.75 bits per heavy atom. The summed E-state index contributed by atoms with van der Waals surface area (Å²) in [6, 6.07) is 6.27. The number of benzene rings is 1. The van der Waals surface area contributed by atoms with Crippen molar-refractivity contribution in [3.63, 3.8) is 0 Å². The zero-order valence-electron chi connectivity index (χ0n) is 9.79. The van der Waals surface area contributed by atoms with E-state index in [1.165, 1.54) is 11.1 Å². The average Bonchev–Trinajstić information content (AvgIpc) is 2.55. The molecule has 1 atom stereocenters. The number of nitrogens with two attached hydrogens (primary N) is 1. The maximum Gasteiger partial charge on any atom is 0.251 e. The highest BCUT2D eigenvalue weighted by atomic mass is 16.1. The van der Waals surface area contributed by atoms with Crippen molar-refractivity contribution in [2.75, 3.05) is 0 Å². The van der Waals surface area contributed by atoms with Crippen LogP contribution in [0.5, 0.6) is 0 Å². The summed E-state index contributed by atoms with van der Waals surface area (Å²) in [5.41, 5.74) is 9.14. The third kappa shape index (κ3) is 2.25. The van der Waals surface area contributed by atoms with Crippen LogP contribution in [0.2, 0.25) is 0 Å². The smallest absolute Gasteiger partial charge is 0.251 e. The quantitative estimate of drug-likeness (QED) is 0.785. The van der Waals surface area contributed by atoms with Gasteiger partial charge < -0.3 is 11.1 Å². The third-order valence-electron chi connectivity index (χ3n) is 2.85. The van der Waals surface area contributed by atoms with Gasteiger partial charge in [0.1, 0.15) is 0 Å². The van der Waals surface area contributed by atoms with Crippen molar-refractivity contribution in [3.05, 3.63) is 34.9 Å². The number of nitrogens with one attached hydrogen (secondary N) is 1. The van der Waals surface area contributed by atoms with Gasteiger partial charge in [0.15, 0.2) is 0 Å². The molecule has 3 nitrogen and oxygen atoms in total. The molecule has 2 rings (SSSR count). The molecule has 1 aliphatic carbocycles. The van der Waals surface area contributed by atoms with Crippen LogP contribution in [-0.2, 0) is 12.8 Å². The topological polar surface area (TPSA) is 55.1 Å². The van der Waals surface area contributed by atoms with Gasteiger partial charge in [0.25, 0.3) is 5.91 Å². The molecule has 0 aromatic heterocycles. The summed E-state index contributed by atoms with van der Waals surface area (Å²) >= 11 is 0. The number of fused-ring (bicyclic) bond motifs is 1. The van der Waals surface area contributed by atoms with Gasteiger partial charge >= 0.3 is 0 Å². The summed E-state index contributed by atoms with van der Waals surface area (Å²) in [6.45, 7) is 3.92. The lowest BCUT2D eigenvalue weighted by Gasteiger charge is -2.09. The maximum atomic E-state index is 11.8. The van der Waals surface area contributed by atoms with Gasteiger partial charge in [-0.15, -0.1) is 0 Å². The van der Waals surface area contributed by atoms with Crippen molar-refractivity contribution in [1.29, 1.82) is 0 Å². The molecule has 0 aliphatic heterocycles. The highest BCUT2D eigenvalue weighted by Crippen LogP contribution is 2.22. The highest BCUT2D eigenvalue weighted by molar-refractivity contribution is 5.94. The molecule has 0 saturated heterocycles. The Balaban J connectivity index is 2.19. The fraction of sp³-hybridized carbons (Fsp3) is 0.462. The van der Waals surface area contributed by atoms with Gasteiger partial charge in [-0.05, 0) is 49.9 Å². The van der Waals surface area contributed by atoms with E-state index in [4.69, 9.17) is 5.73 Å². The monoisotopic (exact) mass is 218 g/mol. The van der Waals surface area contributed by atoms with Crippen LogP contribution in [0.25, 0.3) is 0 Å². The minimum absolute atomic E-state index is 0.00160. The number of rotatable bonds is 2. The van der Waals surface area contributed by atoms with Crippen molar-refractivity contribution in [3.8, 4) is 0 Å². The van der Waals surface area contributed by atoms with Gasteiger partial charge in [0.2, 0.25) is 0 Å². The molecule has 1 aliphatic rings. The van der Waals surface area contributed by atoms with Gasteiger partial charge in [-0.1, -0.05) is 6.07 Å². The van der Waals surface area contributed by atoms with E-state index < -0.39 is 0 Å².